The molecule has 0 aliphatic carbocycles. The molecule has 18 heavy (non-hydrogen) atoms. The highest BCUT2D eigenvalue weighted by Gasteiger charge is 2.10. The lowest BCUT2D eigenvalue weighted by Gasteiger charge is -2.17. The molecule has 0 fully saturated rings. The van der Waals surface area contributed by atoms with E-state index in [-0.39, 0.29) is 0 Å². The molecule has 0 saturated carbocycles. The minimum absolute atomic E-state index is 0.747. The van der Waals surface area contributed by atoms with Gasteiger partial charge in [-0.2, -0.15) is 5.10 Å². The fourth-order valence-corrected chi connectivity index (χ4v) is 1.73. The first-order chi connectivity index (χ1) is 8.60. The Hall–Kier alpha value is -1.27. The van der Waals surface area contributed by atoms with Crippen LogP contribution in [0.5, 0.6) is 0 Å². The molecule has 0 saturated heterocycles. The van der Waals surface area contributed by atoms with Gasteiger partial charge < -0.3 is 20.7 Å². The van der Waals surface area contributed by atoms with Crippen LogP contribution in [0, 0.1) is 6.92 Å². The van der Waals surface area contributed by atoms with Gasteiger partial charge in [0.05, 0.1) is 18.0 Å². The van der Waals surface area contributed by atoms with Gasteiger partial charge in [0.15, 0.2) is 0 Å². The molecule has 0 aliphatic rings. The number of likely N-dealkylation sites (N-methyl/N-ethyl adjacent to an activating group) is 1. The minimum Gasteiger partial charge on any atom is -0.394 e. The van der Waals surface area contributed by atoms with E-state index in [4.69, 9.17) is 10.5 Å². The molecule has 0 unspecified atom stereocenters. The van der Waals surface area contributed by atoms with Crippen LogP contribution in [0.3, 0.4) is 0 Å². The van der Waals surface area contributed by atoms with Crippen molar-refractivity contribution < 1.29 is 4.74 Å². The third-order valence-corrected chi connectivity index (χ3v) is 2.94. The number of aromatic nitrogens is 2. The summed E-state index contributed by atoms with van der Waals surface area (Å²) in [5.41, 5.74) is 7.62. The largest absolute Gasteiger partial charge is 0.394 e. The van der Waals surface area contributed by atoms with Gasteiger partial charge in [-0.05, 0) is 20.9 Å². The first kappa shape index (κ1) is 14.8. The zero-order valence-electron chi connectivity index (χ0n) is 11.9. The lowest BCUT2D eigenvalue weighted by molar-refractivity contribution is 0.163. The van der Waals surface area contributed by atoms with Crippen molar-refractivity contribution in [2.24, 2.45) is 0 Å². The van der Waals surface area contributed by atoms with Gasteiger partial charge in [0.2, 0.25) is 0 Å². The van der Waals surface area contributed by atoms with Gasteiger partial charge in [0, 0.05) is 33.3 Å². The summed E-state index contributed by atoms with van der Waals surface area (Å²) in [7, 11) is 3.79. The molecule has 0 aliphatic heterocycles. The van der Waals surface area contributed by atoms with Gasteiger partial charge in [0.1, 0.15) is 5.82 Å². The predicted octanol–water partition coefficient (Wildman–Crippen LogP) is 0.784. The molecule has 1 heterocycles. The van der Waals surface area contributed by atoms with E-state index in [1.807, 2.05) is 11.6 Å². The van der Waals surface area contributed by atoms with E-state index < -0.39 is 0 Å². The number of hydrogen-bond acceptors (Lipinski definition) is 5. The highest BCUT2D eigenvalue weighted by atomic mass is 16.5. The van der Waals surface area contributed by atoms with Crippen molar-refractivity contribution in [3.8, 4) is 0 Å². The lowest BCUT2D eigenvalue weighted by Crippen LogP contribution is -2.28. The monoisotopic (exact) mass is 255 g/mol. The van der Waals surface area contributed by atoms with Crippen molar-refractivity contribution in [1.29, 1.82) is 0 Å². The van der Waals surface area contributed by atoms with Crippen molar-refractivity contribution >= 4 is 11.5 Å². The molecule has 0 atom stereocenters. The number of hydrogen-bond donors (Lipinski definition) is 2. The molecule has 1 aromatic rings. The highest BCUT2D eigenvalue weighted by molar-refractivity contribution is 5.64. The van der Waals surface area contributed by atoms with Crippen LogP contribution in [-0.4, -0.2) is 55.1 Å². The van der Waals surface area contributed by atoms with Crippen LogP contribution in [0.1, 0.15) is 12.6 Å². The average Bonchev–Trinajstić information content (AvgIpc) is 2.63. The van der Waals surface area contributed by atoms with Crippen molar-refractivity contribution in [2.45, 2.75) is 20.4 Å². The molecule has 104 valence electrons. The van der Waals surface area contributed by atoms with Crippen LogP contribution < -0.4 is 11.1 Å². The molecule has 1 aromatic heterocycles. The Kier molecular flexibility index (Phi) is 5.94. The summed E-state index contributed by atoms with van der Waals surface area (Å²) >= 11 is 0. The number of aryl methyl sites for hydroxylation is 2. The van der Waals surface area contributed by atoms with E-state index in [1.165, 1.54) is 0 Å². The third-order valence-electron chi connectivity index (χ3n) is 2.94. The molecule has 0 spiro atoms. The zero-order chi connectivity index (χ0) is 13.5. The van der Waals surface area contributed by atoms with Gasteiger partial charge >= 0.3 is 0 Å². The average molecular weight is 255 g/mol. The Balaban J connectivity index is 2.43. The van der Waals surface area contributed by atoms with Crippen LogP contribution in [0.15, 0.2) is 0 Å². The summed E-state index contributed by atoms with van der Waals surface area (Å²) in [6.45, 7) is 8.27. The van der Waals surface area contributed by atoms with Crippen molar-refractivity contribution in [3.05, 3.63) is 5.69 Å². The molecular weight excluding hydrogens is 230 g/mol. The van der Waals surface area contributed by atoms with Crippen molar-refractivity contribution in [1.82, 2.24) is 14.7 Å². The second-order valence-electron chi connectivity index (χ2n) is 4.39. The fraction of sp³-hybridized carbons (Fsp3) is 0.750. The number of methoxy groups -OCH3 is 1. The van der Waals surface area contributed by atoms with Crippen LogP contribution in [0.4, 0.5) is 11.5 Å². The van der Waals surface area contributed by atoms with Gasteiger partial charge in [-0.3, -0.25) is 0 Å². The number of nitrogen functional groups attached to an aromatic ring is 1. The van der Waals surface area contributed by atoms with E-state index >= 15 is 0 Å². The maximum absolute atomic E-state index is 6.00. The van der Waals surface area contributed by atoms with E-state index in [9.17, 15) is 0 Å². The third kappa shape index (κ3) is 3.89. The molecule has 0 aromatic carbocycles. The van der Waals surface area contributed by atoms with Gasteiger partial charge in [-0.1, -0.05) is 0 Å². The molecule has 0 radical (unpaired) electrons. The quantitative estimate of drug-likeness (QED) is 0.718. The normalized spacial score (nSPS) is 11.2. The summed E-state index contributed by atoms with van der Waals surface area (Å²) in [5, 5.41) is 7.73. The summed E-state index contributed by atoms with van der Waals surface area (Å²) in [6.07, 6.45) is 0. The summed E-state index contributed by atoms with van der Waals surface area (Å²) in [5.74, 6) is 0.926. The summed E-state index contributed by atoms with van der Waals surface area (Å²) in [6, 6.07) is 0. The first-order valence-electron chi connectivity index (χ1n) is 6.34. The second kappa shape index (κ2) is 7.23. The Morgan fingerprint density at radius 2 is 2.17 bits per heavy atom. The Morgan fingerprint density at radius 1 is 1.44 bits per heavy atom. The number of nitrogens with two attached hydrogens (primary N) is 1. The number of ether oxygens (including phenoxy) is 1. The molecule has 6 heteroatoms. The predicted molar refractivity (Wildman–Crippen MR) is 74.9 cm³/mol. The SMILES string of the molecule is CCn1nc(C)c(N)c1NCCN(C)CCOC. The second-order valence-corrected chi connectivity index (χ2v) is 4.39. The molecule has 1 rings (SSSR count). The topological polar surface area (TPSA) is 68.3 Å². The minimum atomic E-state index is 0.747. The van der Waals surface area contributed by atoms with Gasteiger partial charge in [0.25, 0.3) is 0 Å². The maximum atomic E-state index is 6.00. The number of anilines is 2. The fourth-order valence-electron chi connectivity index (χ4n) is 1.73. The standard InChI is InChI=1S/C12H25N5O/c1-5-17-12(11(13)10(2)15-17)14-6-7-16(3)8-9-18-4/h14H,5-9,13H2,1-4H3. The molecular formula is C12H25N5O. The highest BCUT2D eigenvalue weighted by Crippen LogP contribution is 2.21. The first-order valence-corrected chi connectivity index (χ1v) is 6.34. The van der Waals surface area contributed by atoms with Crippen LogP contribution in [0.25, 0.3) is 0 Å². The Labute approximate surface area is 109 Å². The van der Waals surface area contributed by atoms with Crippen LogP contribution in [-0.2, 0) is 11.3 Å². The lowest BCUT2D eigenvalue weighted by atomic mass is 10.4. The van der Waals surface area contributed by atoms with E-state index in [1.54, 1.807) is 7.11 Å². The smallest absolute Gasteiger partial charge is 0.148 e. The van der Waals surface area contributed by atoms with E-state index in [0.717, 1.165) is 50.0 Å². The summed E-state index contributed by atoms with van der Waals surface area (Å²) in [4.78, 5) is 2.21. The maximum Gasteiger partial charge on any atom is 0.148 e. The van der Waals surface area contributed by atoms with Crippen molar-refractivity contribution in [2.75, 3.05) is 51.4 Å². The number of nitrogens with one attached hydrogen (secondary N) is 1. The zero-order valence-corrected chi connectivity index (χ0v) is 11.9. The molecule has 3 N–H and O–H groups in total. The van der Waals surface area contributed by atoms with Crippen LogP contribution in [0.2, 0.25) is 0 Å². The van der Waals surface area contributed by atoms with Gasteiger partial charge in [-0.25, -0.2) is 4.68 Å². The number of rotatable bonds is 8. The molecule has 6 nitrogen and oxygen atoms in total. The molecule has 0 amide bonds. The van der Waals surface area contributed by atoms with Crippen molar-refractivity contribution in [3.63, 3.8) is 0 Å². The van der Waals surface area contributed by atoms with E-state index in [0.29, 0.717) is 0 Å². The Morgan fingerprint density at radius 3 is 2.78 bits per heavy atom. The number of nitrogens with zero attached hydrogens (tertiary/aromatic N) is 3. The van der Waals surface area contributed by atoms with E-state index in [2.05, 4.69) is 29.3 Å². The Bertz CT molecular complexity index is 364. The van der Waals surface area contributed by atoms with Gasteiger partial charge in [-0.15, -0.1) is 0 Å². The van der Waals surface area contributed by atoms with Crippen LogP contribution >= 0.6 is 0 Å². The molecule has 0 bridgehead atoms. The summed E-state index contributed by atoms with van der Waals surface area (Å²) < 4.78 is 6.94.